The van der Waals surface area contributed by atoms with Crippen molar-refractivity contribution in [3.63, 3.8) is 0 Å². The van der Waals surface area contributed by atoms with E-state index in [4.69, 9.17) is 10.5 Å². The molecule has 0 saturated carbocycles. The number of nitrogen functional groups attached to an aromatic ring is 1. The fraction of sp³-hybridized carbons (Fsp3) is 0.263. The predicted molar refractivity (Wildman–Crippen MR) is 92.9 cm³/mol. The number of hydrogen-bond acceptors (Lipinski definition) is 4. The number of para-hydroxylation sites is 1. The first-order valence-corrected chi connectivity index (χ1v) is 8.06. The molecule has 24 heavy (non-hydrogen) atoms. The standard InChI is InChI=1S/C19H20N2O3/c20-16-9-7-15(8-10-16)19(23)24-13-11-18(22)21-12-3-5-14-4-1-2-6-17(14)21/h1-2,4,6-10H,3,5,11-13,20H2. The Labute approximate surface area is 141 Å². The van der Waals surface area contributed by atoms with E-state index in [9.17, 15) is 9.59 Å². The Bertz CT molecular complexity index is 741. The van der Waals surface area contributed by atoms with E-state index in [1.807, 2.05) is 18.2 Å². The van der Waals surface area contributed by atoms with Gasteiger partial charge in [0.2, 0.25) is 5.91 Å². The average molecular weight is 324 g/mol. The van der Waals surface area contributed by atoms with Gasteiger partial charge < -0.3 is 15.4 Å². The molecule has 1 aliphatic rings. The number of hydrogen-bond donors (Lipinski definition) is 1. The number of benzene rings is 2. The van der Waals surface area contributed by atoms with E-state index in [2.05, 4.69) is 6.07 Å². The first-order valence-electron chi connectivity index (χ1n) is 8.06. The number of nitrogens with two attached hydrogens (primary N) is 1. The van der Waals surface area contributed by atoms with Crippen molar-refractivity contribution < 1.29 is 14.3 Å². The lowest BCUT2D eigenvalue weighted by atomic mass is 10.0. The largest absolute Gasteiger partial charge is 0.462 e. The van der Waals surface area contributed by atoms with Gasteiger partial charge in [0.05, 0.1) is 12.0 Å². The number of fused-ring (bicyclic) bond motifs is 1. The van der Waals surface area contributed by atoms with Crippen LogP contribution in [0, 0.1) is 0 Å². The molecule has 0 aromatic heterocycles. The molecule has 5 heteroatoms. The minimum absolute atomic E-state index is 0.0211. The molecule has 2 aromatic carbocycles. The molecule has 1 heterocycles. The molecule has 3 rings (SSSR count). The average Bonchev–Trinajstić information content (AvgIpc) is 2.61. The summed E-state index contributed by atoms with van der Waals surface area (Å²) < 4.78 is 5.19. The lowest BCUT2D eigenvalue weighted by Gasteiger charge is -2.29. The van der Waals surface area contributed by atoms with Crippen LogP contribution in [0.15, 0.2) is 48.5 Å². The number of esters is 1. The maximum atomic E-state index is 12.4. The maximum absolute atomic E-state index is 12.4. The molecule has 2 N–H and O–H groups in total. The van der Waals surface area contributed by atoms with Crippen LogP contribution >= 0.6 is 0 Å². The number of nitrogens with zero attached hydrogens (tertiary/aromatic N) is 1. The normalized spacial score (nSPS) is 13.2. The smallest absolute Gasteiger partial charge is 0.338 e. The van der Waals surface area contributed by atoms with Crippen molar-refractivity contribution in [1.29, 1.82) is 0 Å². The van der Waals surface area contributed by atoms with Gasteiger partial charge in [0, 0.05) is 17.9 Å². The number of carbonyl (C=O) groups is 2. The Hall–Kier alpha value is -2.82. The number of rotatable bonds is 4. The van der Waals surface area contributed by atoms with Gasteiger partial charge in [-0.15, -0.1) is 0 Å². The molecule has 0 unspecified atom stereocenters. The van der Waals surface area contributed by atoms with Gasteiger partial charge in [0.1, 0.15) is 6.61 Å². The third-order valence-electron chi connectivity index (χ3n) is 4.11. The van der Waals surface area contributed by atoms with Crippen LogP contribution in [0.1, 0.15) is 28.8 Å². The summed E-state index contributed by atoms with van der Waals surface area (Å²) in [6.45, 7) is 0.780. The van der Waals surface area contributed by atoms with E-state index in [0.717, 1.165) is 18.5 Å². The number of aryl methyl sites for hydroxylation is 1. The summed E-state index contributed by atoms with van der Waals surface area (Å²) >= 11 is 0. The van der Waals surface area contributed by atoms with Crippen LogP contribution in [0.2, 0.25) is 0 Å². The Balaban J connectivity index is 1.55. The molecule has 2 aromatic rings. The van der Waals surface area contributed by atoms with Crippen LogP contribution < -0.4 is 10.6 Å². The van der Waals surface area contributed by atoms with E-state index >= 15 is 0 Å². The van der Waals surface area contributed by atoms with Gasteiger partial charge in [-0.1, -0.05) is 18.2 Å². The van der Waals surface area contributed by atoms with Crippen LogP contribution in [0.5, 0.6) is 0 Å². The highest BCUT2D eigenvalue weighted by atomic mass is 16.5. The Kier molecular flexibility index (Phi) is 4.79. The molecular formula is C19H20N2O3. The van der Waals surface area contributed by atoms with Gasteiger partial charge in [-0.3, -0.25) is 4.79 Å². The monoisotopic (exact) mass is 324 g/mol. The molecule has 0 aliphatic carbocycles. The van der Waals surface area contributed by atoms with Crippen molar-refractivity contribution in [3.8, 4) is 0 Å². The van der Waals surface area contributed by atoms with Crippen molar-refractivity contribution in [1.82, 2.24) is 0 Å². The summed E-state index contributed by atoms with van der Waals surface area (Å²) in [6.07, 6.45) is 2.12. The van der Waals surface area contributed by atoms with Crippen molar-refractivity contribution in [2.24, 2.45) is 0 Å². The highest BCUT2D eigenvalue weighted by molar-refractivity contribution is 5.95. The molecule has 0 fully saturated rings. The molecule has 1 aliphatic heterocycles. The van der Waals surface area contributed by atoms with Gasteiger partial charge in [-0.05, 0) is 48.7 Å². The second-order valence-electron chi connectivity index (χ2n) is 5.79. The Morgan fingerprint density at radius 1 is 1.08 bits per heavy atom. The van der Waals surface area contributed by atoms with E-state index < -0.39 is 5.97 Å². The third-order valence-corrected chi connectivity index (χ3v) is 4.11. The fourth-order valence-corrected chi connectivity index (χ4v) is 2.86. The Morgan fingerprint density at radius 2 is 1.83 bits per heavy atom. The first kappa shape index (κ1) is 16.1. The van der Waals surface area contributed by atoms with Gasteiger partial charge in [-0.25, -0.2) is 4.79 Å². The number of anilines is 2. The van der Waals surface area contributed by atoms with Crippen LogP contribution in [0.25, 0.3) is 0 Å². The topological polar surface area (TPSA) is 72.6 Å². The summed E-state index contributed by atoms with van der Waals surface area (Å²) in [4.78, 5) is 26.2. The number of amides is 1. The minimum Gasteiger partial charge on any atom is -0.462 e. The van der Waals surface area contributed by atoms with Crippen LogP contribution in [0.3, 0.4) is 0 Å². The molecule has 0 spiro atoms. The third kappa shape index (κ3) is 3.56. The highest BCUT2D eigenvalue weighted by Crippen LogP contribution is 2.27. The quantitative estimate of drug-likeness (QED) is 0.693. The maximum Gasteiger partial charge on any atom is 0.338 e. The summed E-state index contributed by atoms with van der Waals surface area (Å²) in [7, 11) is 0. The predicted octanol–water partition coefficient (Wildman–Crippen LogP) is 2.80. The fourth-order valence-electron chi connectivity index (χ4n) is 2.86. The zero-order valence-electron chi connectivity index (χ0n) is 13.4. The molecule has 0 radical (unpaired) electrons. The second-order valence-corrected chi connectivity index (χ2v) is 5.79. The SMILES string of the molecule is Nc1ccc(C(=O)OCCC(=O)N2CCCc3ccccc32)cc1. The first-order chi connectivity index (χ1) is 11.6. The van der Waals surface area contributed by atoms with Crippen molar-refractivity contribution in [2.45, 2.75) is 19.3 Å². The van der Waals surface area contributed by atoms with Crippen molar-refractivity contribution >= 4 is 23.3 Å². The van der Waals surface area contributed by atoms with Gasteiger partial charge >= 0.3 is 5.97 Å². The van der Waals surface area contributed by atoms with Gasteiger partial charge in [-0.2, -0.15) is 0 Å². The number of carbonyl (C=O) groups excluding carboxylic acids is 2. The zero-order chi connectivity index (χ0) is 16.9. The molecule has 0 saturated heterocycles. The lowest BCUT2D eigenvalue weighted by Crippen LogP contribution is -2.36. The van der Waals surface area contributed by atoms with Gasteiger partial charge in [0.15, 0.2) is 0 Å². The second kappa shape index (κ2) is 7.17. The molecule has 0 bridgehead atoms. The zero-order valence-corrected chi connectivity index (χ0v) is 13.4. The summed E-state index contributed by atoms with van der Waals surface area (Å²) in [5.74, 6) is -0.464. The van der Waals surface area contributed by atoms with Crippen LogP contribution in [-0.4, -0.2) is 25.0 Å². The van der Waals surface area contributed by atoms with E-state index in [-0.39, 0.29) is 18.9 Å². The molecule has 0 atom stereocenters. The molecule has 1 amide bonds. The molecule has 124 valence electrons. The minimum atomic E-state index is -0.443. The van der Waals surface area contributed by atoms with Crippen molar-refractivity contribution in [3.05, 3.63) is 59.7 Å². The van der Waals surface area contributed by atoms with E-state index in [1.54, 1.807) is 29.2 Å². The van der Waals surface area contributed by atoms with Gasteiger partial charge in [0.25, 0.3) is 0 Å². The highest BCUT2D eigenvalue weighted by Gasteiger charge is 2.22. The van der Waals surface area contributed by atoms with Crippen LogP contribution in [0.4, 0.5) is 11.4 Å². The molecule has 5 nitrogen and oxygen atoms in total. The lowest BCUT2D eigenvalue weighted by molar-refractivity contribution is -0.119. The van der Waals surface area contributed by atoms with Crippen molar-refractivity contribution in [2.75, 3.05) is 23.8 Å². The Morgan fingerprint density at radius 3 is 2.62 bits per heavy atom. The van der Waals surface area contributed by atoms with E-state index in [0.29, 0.717) is 17.8 Å². The van der Waals surface area contributed by atoms with Crippen LogP contribution in [-0.2, 0) is 16.0 Å². The van der Waals surface area contributed by atoms with E-state index in [1.165, 1.54) is 5.56 Å². The summed E-state index contributed by atoms with van der Waals surface area (Å²) in [6, 6.07) is 14.5. The molecular weight excluding hydrogens is 304 g/mol. The summed E-state index contributed by atoms with van der Waals surface area (Å²) in [5.41, 5.74) is 8.77. The summed E-state index contributed by atoms with van der Waals surface area (Å²) in [5, 5.41) is 0. The number of ether oxygens (including phenoxy) is 1.